The summed E-state index contributed by atoms with van der Waals surface area (Å²) < 4.78 is 11.8. The highest BCUT2D eigenvalue weighted by molar-refractivity contribution is 6.35. The molecular weight excluding hydrogens is 356 g/mol. The molecule has 2 amide bonds. The standard InChI is InChI=1S/C19H25ClN2O4/c20-15-6-4-14(5-7-15)8-11-21-17(23)18(24)22-12-16-13-25-19(26-16)9-2-1-3-10-19/h4-7,16H,1-3,8-13H2,(H,21,23)(H,22,24). The minimum atomic E-state index is -0.644. The van der Waals surface area contributed by atoms with Crippen molar-refractivity contribution < 1.29 is 19.1 Å². The molecule has 0 radical (unpaired) electrons. The van der Waals surface area contributed by atoms with Crippen LogP contribution in [0.5, 0.6) is 0 Å². The highest BCUT2D eigenvalue weighted by atomic mass is 35.5. The van der Waals surface area contributed by atoms with Crippen molar-refractivity contribution >= 4 is 23.4 Å². The number of hydrogen-bond donors (Lipinski definition) is 2. The molecule has 1 heterocycles. The number of carbonyl (C=O) groups excluding carboxylic acids is 2. The lowest BCUT2D eigenvalue weighted by Gasteiger charge is -2.31. The van der Waals surface area contributed by atoms with Crippen LogP contribution in [-0.2, 0) is 25.5 Å². The molecule has 2 N–H and O–H groups in total. The molecule has 26 heavy (non-hydrogen) atoms. The summed E-state index contributed by atoms with van der Waals surface area (Å²) in [6, 6.07) is 7.39. The van der Waals surface area contributed by atoms with Crippen LogP contribution < -0.4 is 10.6 Å². The van der Waals surface area contributed by atoms with Crippen LogP contribution in [0.3, 0.4) is 0 Å². The van der Waals surface area contributed by atoms with Gasteiger partial charge in [-0.05, 0) is 37.0 Å². The molecule has 0 aromatic heterocycles. The van der Waals surface area contributed by atoms with E-state index >= 15 is 0 Å². The van der Waals surface area contributed by atoms with Gasteiger partial charge in [0.1, 0.15) is 6.10 Å². The lowest BCUT2D eigenvalue weighted by Crippen LogP contribution is -2.44. The Hall–Kier alpha value is -1.63. The van der Waals surface area contributed by atoms with Gasteiger partial charge in [-0.3, -0.25) is 9.59 Å². The van der Waals surface area contributed by atoms with Crippen molar-refractivity contribution in [3.63, 3.8) is 0 Å². The summed E-state index contributed by atoms with van der Waals surface area (Å²) in [6.45, 7) is 1.13. The van der Waals surface area contributed by atoms with E-state index in [9.17, 15) is 9.59 Å². The van der Waals surface area contributed by atoms with Crippen LogP contribution in [0.15, 0.2) is 24.3 Å². The Morgan fingerprint density at radius 2 is 1.77 bits per heavy atom. The Morgan fingerprint density at radius 1 is 1.08 bits per heavy atom. The van der Waals surface area contributed by atoms with E-state index in [1.807, 2.05) is 12.1 Å². The molecule has 1 aliphatic carbocycles. The van der Waals surface area contributed by atoms with E-state index < -0.39 is 17.6 Å². The Morgan fingerprint density at radius 3 is 2.50 bits per heavy atom. The molecule has 1 aromatic carbocycles. The maximum Gasteiger partial charge on any atom is 0.309 e. The summed E-state index contributed by atoms with van der Waals surface area (Å²) in [6.07, 6.45) is 5.68. The molecule has 1 aromatic rings. The smallest absolute Gasteiger partial charge is 0.309 e. The van der Waals surface area contributed by atoms with Crippen molar-refractivity contribution in [2.75, 3.05) is 19.7 Å². The van der Waals surface area contributed by atoms with E-state index in [4.69, 9.17) is 21.1 Å². The van der Waals surface area contributed by atoms with Gasteiger partial charge >= 0.3 is 11.8 Å². The van der Waals surface area contributed by atoms with E-state index in [1.165, 1.54) is 6.42 Å². The fourth-order valence-corrected chi connectivity index (χ4v) is 3.53. The number of amides is 2. The van der Waals surface area contributed by atoms with Crippen LogP contribution in [0, 0.1) is 0 Å². The zero-order chi connectivity index (χ0) is 18.4. The molecule has 0 bridgehead atoms. The Balaban J connectivity index is 1.34. The van der Waals surface area contributed by atoms with Crippen molar-refractivity contribution in [1.29, 1.82) is 0 Å². The molecule has 1 spiro atoms. The third kappa shape index (κ3) is 5.19. The van der Waals surface area contributed by atoms with Crippen LogP contribution in [0.25, 0.3) is 0 Å². The molecule has 6 nitrogen and oxygen atoms in total. The van der Waals surface area contributed by atoms with E-state index in [1.54, 1.807) is 12.1 Å². The van der Waals surface area contributed by atoms with Crippen molar-refractivity contribution in [3.8, 4) is 0 Å². The van der Waals surface area contributed by atoms with Crippen LogP contribution in [-0.4, -0.2) is 43.4 Å². The van der Waals surface area contributed by atoms with Crippen molar-refractivity contribution in [3.05, 3.63) is 34.9 Å². The highest BCUT2D eigenvalue weighted by Gasteiger charge is 2.42. The molecule has 1 saturated heterocycles. The number of hydrogen-bond acceptors (Lipinski definition) is 4. The molecule has 142 valence electrons. The Kier molecular flexibility index (Phi) is 6.51. The fourth-order valence-electron chi connectivity index (χ4n) is 3.41. The molecule has 2 fully saturated rings. The maximum atomic E-state index is 11.9. The van der Waals surface area contributed by atoms with Crippen molar-refractivity contribution in [2.45, 2.75) is 50.4 Å². The highest BCUT2D eigenvalue weighted by Crippen LogP contribution is 2.37. The monoisotopic (exact) mass is 380 g/mol. The Labute approximate surface area is 158 Å². The summed E-state index contributed by atoms with van der Waals surface area (Å²) in [5.41, 5.74) is 1.05. The lowest BCUT2D eigenvalue weighted by molar-refractivity contribution is -0.186. The van der Waals surface area contributed by atoms with Gasteiger partial charge in [0.25, 0.3) is 0 Å². The zero-order valence-electron chi connectivity index (χ0n) is 14.8. The lowest BCUT2D eigenvalue weighted by atomic mass is 9.94. The number of ether oxygens (including phenoxy) is 2. The van der Waals surface area contributed by atoms with Gasteiger partial charge in [0.15, 0.2) is 5.79 Å². The molecule has 1 atom stereocenters. The average molecular weight is 381 g/mol. The molecule has 1 saturated carbocycles. The van der Waals surface area contributed by atoms with Gasteiger partial charge < -0.3 is 20.1 Å². The first-order valence-electron chi connectivity index (χ1n) is 9.19. The summed E-state index contributed by atoms with van der Waals surface area (Å²) in [5.74, 6) is -1.74. The number of halogens is 1. The molecule has 1 aliphatic heterocycles. The van der Waals surface area contributed by atoms with E-state index in [2.05, 4.69) is 10.6 Å². The average Bonchev–Trinajstić information content (AvgIpc) is 3.04. The first-order chi connectivity index (χ1) is 12.6. The first kappa shape index (κ1) is 19.1. The van der Waals surface area contributed by atoms with Crippen molar-refractivity contribution in [2.24, 2.45) is 0 Å². The molecular formula is C19H25ClN2O4. The van der Waals surface area contributed by atoms with Crippen molar-refractivity contribution in [1.82, 2.24) is 10.6 Å². The fraction of sp³-hybridized carbons (Fsp3) is 0.579. The van der Waals surface area contributed by atoms with Gasteiger partial charge in [0.2, 0.25) is 0 Å². The second-order valence-corrected chi connectivity index (χ2v) is 7.30. The SMILES string of the molecule is O=C(NCCc1ccc(Cl)cc1)C(=O)NCC1COC2(CCCCC2)O1. The second kappa shape index (κ2) is 8.84. The van der Waals surface area contributed by atoms with E-state index in [0.717, 1.165) is 31.2 Å². The van der Waals surface area contributed by atoms with Gasteiger partial charge in [-0.15, -0.1) is 0 Å². The molecule has 7 heteroatoms. The quantitative estimate of drug-likeness (QED) is 0.768. The zero-order valence-corrected chi connectivity index (χ0v) is 15.5. The van der Waals surface area contributed by atoms with Gasteiger partial charge in [0, 0.05) is 31.0 Å². The van der Waals surface area contributed by atoms with E-state index in [0.29, 0.717) is 24.6 Å². The second-order valence-electron chi connectivity index (χ2n) is 6.86. The molecule has 1 unspecified atom stereocenters. The largest absolute Gasteiger partial charge is 0.348 e. The predicted molar refractivity (Wildman–Crippen MR) is 97.8 cm³/mol. The topological polar surface area (TPSA) is 76.7 Å². The van der Waals surface area contributed by atoms with Gasteiger partial charge in [-0.2, -0.15) is 0 Å². The summed E-state index contributed by atoms with van der Waals surface area (Å²) in [7, 11) is 0. The summed E-state index contributed by atoms with van der Waals surface area (Å²) in [5, 5.41) is 5.92. The van der Waals surface area contributed by atoms with Crippen LogP contribution >= 0.6 is 11.6 Å². The minimum Gasteiger partial charge on any atom is -0.348 e. The molecule has 3 rings (SSSR count). The summed E-state index contributed by atoms with van der Waals surface area (Å²) in [4.78, 5) is 23.8. The third-order valence-corrected chi connectivity index (χ3v) is 5.09. The number of nitrogens with one attached hydrogen (secondary N) is 2. The predicted octanol–water partition coefficient (Wildman–Crippen LogP) is 2.19. The van der Waals surface area contributed by atoms with Gasteiger partial charge in [-0.1, -0.05) is 30.2 Å². The van der Waals surface area contributed by atoms with Gasteiger partial charge in [-0.25, -0.2) is 0 Å². The number of rotatable bonds is 5. The Bertz CT molecular complexity index is 629. The molecule has 2 aliphatic rings. The number of carbonyl (C=O) groups is 2. The van der Waals surface area contributed by atoms with Crippen LogP contribution in [0.2, 0.25) is 5.02 Å². The first-order valence-corrected chi connectivity index (χ1v) is 9.56. The normalized spacial score (nSPS) is 21.5. The van der Waals surface area contributed by atoms with Gasteiger partial charge in [0.05, 0.1) is 6.61 Å². The van der Waals surface area contributed by atoms with Crippen LogP contribution in [0.4, 0.5) is 0 Å². The number of benzene rings is 1. The minimum absolute atomic E-state index is 0.195. The van der Waals surface area contributed by atoms with E-state index in [-0.39, 0.29) is 12.6 Å². The van der Waals surface area contributed by atoms with Crippen LogP contribution in [0.1, 0.15) is 37.7 Å². The maximum absolute atomic E-state index is 11.9. The third-order valence-electron chi connectivity index (χ3n) is 4.84. The summed E-state index contributed by atoms with van der Waals surface area (Å²) >= 11 is 5.83.